The van der Waals surface area contributed by atoms with Crippen LogP contribution in [0, 0.1) is 0 Å². The maximum absolute atomic E-state index is 4.74. The Bertz CT molecular complexity index is 410. The molecule has 0 bridgehead atoms. The van der Waals surface area contributed by atoms with Crippen molar-refractivity contribution in [1.82, 2.24) is 10.1 Å². The third-order valence-electron chi connectivity index (χ3n) is 2.73. The molecule has 2 atom stereocenters. The molecule has 3 rings (SSSR count). The fourth-order valence-corrected chi connectivity index (χ4v) is 1.89. The van der Waals surface area contributed by atoms with E-state index in [9.17, 15) is 0 Å². The molecule has 0 saturated heterocycles. The van der Waals surface area contributed by atoms with Crippen molar-refractivity contribution >= 4 is 0 Å². The molecular weight excluding hydrogens is 176 g/mol. The summed E-state index contributed by atoms with van der Waals surface area (Å²) >= 11 is 0. The van der Waals surface area contributed by atoms with E-state index in [1.54, 1.807) is 0 Å². The van der Waals surface area contributed by atoms with Gasteiger partial charge in [-0.25, -0.2) is 0 Å². The van der Waals surface area contributed by atoms with Crippen LogP contribution in [0.5, 0.6) is 0 Å². The summed E-state index contributed by atoms with van der Waals surface area (Å²) in [6.45, 7) is 0. The van der Waals surface area contributed by atoms with Crippen LogP contribution in [0.2, 0.25) is 0 Å². The van der Waals surface area contributed by atoms with Crippen molar-refractivity contribution < 1.29 is 4.52 Å². The minimum Gasteiger partial charge on any atom is -0.343 e. The van der Waals surface area contributed by atoms with E-state index in [-0.39, 0.29) is 0 Å². The summed E-state index contributed by atoms with van der Waals surface area (Å²) in [7, 11) is 0. The van der Waals surface area contributed by atoms with E-state index in [1.165, 1.54) is 12.0 Å². The van der Waals surface area contributed by atoms with Crippen molar-refractivity contribution in [2.75, 3.05) is 0 Å². The van der Waals surface area contributed by atoms with Crippen LogP contribution in [0.25, 0.3) is 0 Å². The second-order valence-corrected chi connectivity index (χ2v) is 3.65. The van der Waals surface area contributed by atoms with E-state index in [0.717, 1.165) is 12.2 Å². The van der Waals surface area contributed by atoms with Crippen LogP contribution < -0.4 is 0 Å². The fraction of sp³-hybridized carbons (Fsp3) is 0.273. The van der Waals surface area contributed by atoms with Gasteiger partial charge in [0.15, 0.2) is 5.82 Å². The Hall–Kier alpha value is -1.64. The van der Waals surface area contributed by atoms with Crippen molar-refractivity contribution in [1.29, 1.82) is 0 Å². The molecule has 70 valence electrons. The molecule has 0 unspecified atom stereocenters. The Balaban J connectivity index is 1.81. The number of hydrogen-bond donors (Lipinski definition) is 0. The molecule has 3 nitrogen and oxygen atoms in total. The first-order valence-corrected chi connectivity index (χ1v) is 4.76. The van der Waals surface area contributed by atoms with E-state index < -0.39 is 0 Å². The third-order valence-corrected chi connectivity index (χ3v) is 2.73. The SMILES string of the molecule is c1ccc([C@H]2C[C@@H]2c2ncon2)cc1. The summed E-state index contributed by atoms with van der Waals surface area (Å²) in [4.78, 5) is 4.08. The Morgan fingerprint density at radius 3 is 2.71 bits per heavy atom. The standard InChI is InChI=1S/C11H10N2O/c1-2-4-8(5-3-1)9-6-10(9)11-12-7-14-13-11/h1-5,7,9-10H,6H2/t9-,10+/m1/s1. The normalized spacial score (nSPS) is 24.9. The average molecular weight is 186 g/mol. The zero-order valence-electron chi connectivity index (χ0n) is 7.63. The first-order valence-electron chi connectivity index (χ1n) is 4.76. The Labute approximate surface area is 81.8 Å². The van der Waals surface area contributed by atoms with Crippen LogP contribution in [0.4, 0.5) is 0 Å². The quantitative estimate of drug-likeness (QED) is 0.722. The summed E-state index contributed by atoms with van der Waals surface area (Å²) in [5, 5.41) is 3.87. The van der Waals surface area contributed by atoms with Crippen LogP contribution in [-0.4, -0.2) is 10.1 Å². The molecule has 2 aromatic rings. The lowest BCUT2D eigenvalue weighted by molar-refractivity contribution is 0.410. The predicted octanol–water partition coefficient (Wildman–Crippen LogP) is 2.34. The molecule has 1 aromatic carbocycles. The summed E-state index contributed by atoms with van der Waals surface area (Å²) in [6.07, 6.45) is 2.54. The lowest BCUT2D eigenvalue weighted by Crippen LogP contribution is -1.85. The number of hydrogen-bond acceptors (Lipinski definition) is 3. The highest BCUT2D eigenvalue weighted by Gasteiger charge is 2.42. The zero-order valence-corrected chi connectivity index (χ0v) is 7.63. The summed E-state index contributed by atoms with van der Waals surface area (Å²) < 4.78 is 4.74. The van der Waals surface area contributed by atoms with Gasteiger partial charge in [0.25, 0.3) is 0 Å². The summed E-state index contributed by atoms with van der Waals surface area (Å²) in [5.74, 6) is 1.91. The lowest BCUT2D eigenvalue weighted by Gasteiger charge is -1.95. The van der Waals surface area contributed by atoms with Crippen molar-refractivity contribution in [2.24, 2.45) is 0 Å². The summed E-state index contributed by atoms with van der Waals surface area (Å²) in [6, 6.07) is 10.5. The molecule has 0 N–H and O–H groups in total. The molecule has 1 aromatic heterocycles. The molecule has 3 heteroatoms. The minimum absolute atomic E-state index is 0.469. The smallest absolute Gasteiger partial charge is 0.213 e. The predicted molar refractivity (Wildman–Crippen MR) is 50.8 cm³/mol. The number of nitrogens with zero attached hydrogens (tertiary/aromatic N) is 2. The van der Waals surface area contributed by atoms with E-state index in [2.05, 4.69) is 34.4 Å². The highest BCUT2D eigenvalue weighted by molar-refractivity contribution is 5.30. The van der Waals surface area contributed by atoms with Crippen LogP contribution in [0.3, 0.4) is 0 Å². The van der Waals surface area contributed by atoms with Gasteiger partial charge in [0.2, 0.25) is 6.39 Å². The van der Waals surface area contributed by atoms with Crippen LogP contribution >= 0.6 is 0 Å². The molecule has 1 aliphatic rings. The average Bonchev–Trinajstić information content (AvgIpc) is 2.87. The number of aromatic nitrogens is 2. The molecule has 1 fully saturated rings. The van der Waals surface area contributed by atoms with Gasteiger partial charge < -0.3 is 4.52 Å². The summed E-state index contributed by atoms with van der Waals surface area (Å²) in [5.41, 5.74) is 1.38. The Morgan fingerprint density at radius 1 is 1.14 bits per heavy atom. The molecule has 14 heavy (non-hydrogen) atoms. The van der Waals surface area contributed by atoms with Gasteiger partial charge in [-0.15, -0.1) is 0 Å². The van der Waals surface area contributed by atoms with Crippen molar-refractivity contribution in [2.45, 2.75) is 18.3 Å². The topological polar surface area (TPSA) is 38.9 Å². The molecule has 1 saturated carbocycles. The molecular formula is C11H10N2O. The molecule has 0 spiro atoms. The second-order valence-electron chi connectivity index (χ2n) is 3.65. The number of benzene rings is 1. The first-order chi connectivity index (χ1) is 6.95. The molecule has 0 radical (unpaired) electrons. The van der Waals surface area contributed by atoms with Gasteiger partial charge in [0.05, 0.1) is 0 Å². The van der Waals surface area contributed by atoms with Gasteiger partial charge in [-0.05, 0) is 17.9 Å². The van der Waals surface area contributed by atoms with Crippen molar-refractivity contribution in [3.63, 3.8) is 0 Å². The molecule has 1 heterocycles. The maximum Gasteiger partial charge on any atom is 0.213 e. The molecule has 0 aliphatic heterocycles. The van der Waals surface area contributed by atoms with Gasteiger partial charge in [-0.1, -0.05) is 35.5 Å². The minimum atomic E-state index is 0.469. The van der Waals surface area contributed by atoms with Crippen LogP contribution in [0.15, 0.2) is 41.2 Å². The van der Waals surface area contributed by atoms with Gasteiger partial charge in [0.1, 0.15) is 0 Å². The zero-order chi connectivity index (χ0) is 9.38. The Morgan fingerprint density at radius 2 is 2.00 bits per heavy atom. The monoisotopic (exact) mass is 186 g/mol. The van der Waals surface area contributed by atoms with Crippen molar-refractivity contribution in [3.8, 4) is 0 Å². The highest BCUT2D eigenvalue weighted by atomic mass is 16.5. The van der Waals surface area contributed by atoms with E-state index in [1.807, 2.05) is 6.07 Å². The Kier molecular flexibility index (Phi) is 1.63. The largest absolute Gasteiger partial charge is 0.343 e. The maximum atomic E-state index is 4.74. The van der Waals surface area contributed by atoms with E-state index >= 15 is 0 Å². The highest BCUT2D eigenvalue weighted by Crippen LogP contribution is 2.53. The van der Waals surface area contributed by atoms with Gasteiger partial charge in [-0.3, -0.25) is 0 Å². The van der Waals surface area contributed by atoms with Crippen LogP contribution in [0.1, 0.15) is 29.6 Å². The fourth-order valence-electron chi connectivity index (χ4n) is 1.89. The van der Waals surface area contributed by atoms with E-state index in [4.69, 9.17) is 4.52 Å². The third kappa shape index (κ3) is 1.21. The van der Waals surface area contributed by atoms with Crippen LogP contribution in [-0.2, 0) is 0 Å². The molecule has 0 amide bonds. The number of rotatable bonds is 2. The van der Waals surface area contributed by atoms with Gasteiger partial charge in [-0.2, -0.15) is 4.98 Å². The molecule has 1 aliphatic carbocycles. The first kappa shape index (κ1) is 7.74. The van der Waals surface area contributed by atoms with E-state index in [0.29, 0.717) is 11.8 Å². The lowest BCUT2D eigenvalue weighted by atomic mass is 10.1. The van der Waals surface area contributed by atoms with Crippen molar-refractivity contribution in [3.05, 3.63) is 48.1 Å². The second kappa shape index (κ2) is 2.94. The van der Waals surface area contributed by atoms with Gasteiger partial charge in [0, 0.05) is 5.92 Å². The van der Waals surface area contributed by atoms with Gasteiger partial charge >= 0.3 is 0 Å².